The molecule has 1 aliphatic heterocycles. The number of hydrogen-bond donors (Lipinski definition) is 1. The zero-order valence-electron chi connectivity index (χ0n) is 9.33. The number of halogens is 1. The Labute approximate surface area is 105 Å². The van der Waals surface area contributed by atoms with Crippen molar-refractivity contribution in [1.29, 1.82) is 0 Å². The van der Waals surface area contributed by atoms with Crippen LogP contribution in [0.15, 0.2) is 12.1 Å². The summed E-state index contributed by atoms with van der Waals surface area (Å²) in [5, 5.41) is 3.41. The lowest BCUT2D eigenvalue weighted by Crippen LogP contribution is -2.38. The van der Waals surface area contributed by atoms with Crippen molar-refractivity contribution in [2.45, 2.75) is 32.2 Å². The lowest BCUT2D eigenvalue weighted by atomic mass is 9.91. The first kappa shape index (κ1) is 12.1. The van der Waals surface area contributed by atoms with Crippen molar-refractivity contribution >= 4 is 28.7 Å². The van der Waals surface area contributed by atoms with Crippen LogP contribution in [-0.4, -0.2) is 18.4 Å². The van der Waals surface area contributed by atoms with E-state index in [2.05, 4.69) is 12.2 Å². The molecule has 2 nitrogen and oxygen atoms in total. The highest BCUT2D eigenvalue weighted by Gasteiger charge is 2.21. The Morgan fingerprint density at radius 2 is 2.44 bits per heavy atom. The van der Waals surface area contributed by atoms with E-state index < -0.39 is 0 Å². The Balaban J connectivity index is 1.92. The molecular formula is C12H16ClNOS. The van der Waals surface area contributed by atoms with Crippen LogP contribution < -0.4 is 5.32 Å². The van der Waals surface area contributed by atoms with Gasteiger partial charge in [-0.1, -0.05) is 18.5 Å². The smallest absolute Gasteiger partial charge is 0.174 e. The molecule has 0 bridgehead atoms. The summed E-state index contributed by atoms with van der Waals surface area (Å²) >= 11 is 7.19. The van der Waals surface area contributed by atoms with Crippen LogP contribution >= 0.6 is 22.9 Å². The van der Waals surface area contributed by atoms with Crippen LogP contribution in [0.1, 0.15) is 35.9 Å². The molecule has 1 aromatic rings. The van der Waals surface area contributed by atoms with Gasteiger partial charge in [-0.25, -0.2) is 0 Å². The number of nitrogens with one attached hydrogen (secondary N) is 1. The first-order valence-electron chi connectivity index (χ1n) is 5.67. The average molecular weight is 258 g/mol. The third-order valence-corrected chi connectivity index (χ3v) is 4.31. The van der Waals surface area contributed by atoms with E-state index in [0.29, 0.717) is 16.8 Å². The molecule has 2 rings (SSSR count). The molecule has 1 aliphatic rings. The average Bonchev–Trinajstić information content (AvgIpc) is 2.65. The minimum absolute atomic E-state index is 0.212. The topological polar surface area (TPSA) is 29.1 Å². The van der Waals surface area contributed by atoms with Gasteiger partial charge in [0.2, 0.25) is 0 Å². The molecule has 0 aromatic carbocycles. The molecule has 1 aromatic heterocycles. The van der Waals surface area contributed by atoms with Gasteiger partial charge in [-0.15, -0.1) is 11.3 Å². The quantitative estimate of drug-likeness (QED) is 0.842. The predicted molar refractivity (Wildman–Crippen MR) is 68.5 cm³/mol. The Morgan fingerprint density at radius 3 is 3.06 bits per heavy atom. The molecule has 0 saturated carbocycles. The maximum Gasteiger partial charge on any atom is 0.174 e. The number of Topliss-reactive ketones (excluding diaryl/α,β-unsaturated/α-hetero) is 1. The minimum atomic E-state index is 0.212. The molecule has 0 spiro atoms. The molecule has 16 heavy (non-hydrogen) atoms. The Hall–Kier alpha value is -0.380. The molecule has 4 heteroatoms. The first-order valence-corrected chi connectivity index (χ1v) is 6.86. The zero-order chi connectivity index (χ0) is 11.5. The molecule has 0 radical (unpaired) electrons. The van der Waals surface area contributed by atoms with Crippen LogP contribution in [0.5, 0.6) is 0 Å². The molecular weight excluding hydrogens is 242 g/mol. The Kier molecular flexibility index (Phi) is 4.00. The second kappa shape index (κ2) is 5.30. The standard InChI is InChI=1S/C12H16ClNOS/c1-8-4-5-14-9(6-8)7-10(15)11-2-3-12(13)16-11/h2-3,8-9,14H,4-7H2,1H3. The van der Waals surface area contributed by atoms with Gasteiger partial charge in [0.1, 0.15) is 0 Å². The van der Waals surface area contributed by atoms with Crippen LogP contribution in [0.4, 0.5) is 0 Å². The zero-order valence-corrected chi connectivity index (χ0v) is 10.9. The summed E-state index contributed by atoms with van der Waals surface area (Å²) in [6, 6.07) is 3.95. The molecule has 1 fully saturated rings. The van der Waals surface area contributed by atoms with Gasteiger partial charge < -0.3 is 5.32 Å². The fourth-order valence-corrected chi connectivity index (χ4v) is 3.16. The predicted octanol–water partition coefficient (Wildman–Crippen LogP) is 3.36. The number of thiophene rings is 1. The first-order chi connectivity index (χ1) is 7.65. The monoisotopic (exact) mass is 257 g/mol. The van der Waals surface area contributed by atoms with E-state index in [1.807, 2.05) is 6.07 Å². The highest BCUT2D eigenvalue weighted by Crippen LogP contribution is 2.24. The van der Waals surface area contributed by atoms with E-state index in [1.54, 1.807) is 6.07 Å². The molecule has 1 N–H and O–H groups in total. The summed E-state index contributed by atoms with van der Waals surface area (Å²) in [5.74, 6) is 0.939. The normalized spacial score (nSPS) is 25.6. The van der Waals surface area contributed by atoms with E-state index >= 15 is 0 Å². The molecule has 88 valence electrons. The SMILES string of the molecule is CC1CCNC(CC(=O)c2ccc(Cl)s2)C1. The van der Waals surface area contributed by atoms with Gasteiger partial charge in [0.25, 0.3) is 0 Å². The van der Waals surface area contributed by atoms with Crippen molar-refractivity contribution in [2.75, 3.05) is 6.54 Å². The van der Waals surface area contributed by atoms with Crippen LogP contribution in [0.3, 0.4) is 0 Å². The van der Waals surface area contributed by atoms with Crippen molar-refractivity contribution in [3.63, 3.8) is 0 Å². The summed E-state index contributed by atoms with van der Waals surface area (Å²) in [6.45, 7) is 3.28. The second-order valence-corrected chi connectivity index (χ2v) is 6.23. The van der Waals surface area contributed by atoms with E-state index in [1.165, 1.54) is 17.8 Å². The Bertz CT molecular complexity index is 377. The molecule has 2 unspecified atom stereocenters. The fourth-order valence-electron chi connectivity index (χ4n) is 2.16. The lowest BCUT2D eigenvalue weighted by Gasteiger charge is -2.27. The highest BCUT2D eigenvalue weighted by atomic mass is 35.5. The minimum Gasteiger partial charge on any atom is -0.314 e. The summed E-state index contributed by atoms with van der Waals surface area (Å²) in [5.41, 5.74) is 0. The third-order valence-electron chi connectivity index (χ3n) is 3.04. The number of ketones is 1. The van der Waals surface area contributed by atoms with Crippen molar-refractivity contribution < 1.29 is 4.79 Å². The van der Waals surface area contributed by atoms with Gasteiger partial charge in [-0.3, -0.25) is 4.79 Å². The maximum atomic E-state index is 11.9. The number of carbonyl (C=O) groups excluding carboxylic acids is 1. The number of piperidine rings is 1. The van der Waals surface area contributed by atoms with Crippen molar-refractivity contribution in [2.24, 2.45) is 5.92 Å². The van der Waals surface area contributed by atoms with Crippen molar-refractivity contribution in [1.82, 2.24) is 5.32 Å². The van der Waals surface area contributed by atoms with E-state index in [-0.39, 0.29) is 5.78 Å². The number of hydrogen-bond acceptors (Lipinski definition) is 3. The van der Waals surface area contributed by atoms with Crippen LogP contribution in [0.2, 0.25) is 4.34 Å². The summed E-state index contributed by atoms with van der Waals surface area (Å²) in [6.07, 6.45) is 2.92. The summed E-state index contributed by atoms with van der Waals surface area (Å²) in [7, 11) is 0. The molecule has 2 heterocycles. The van der Waals surface area contributed by atoms with Crippen molar-refractivity contribution in [3.05, 3.63) is 21.3 Å². The largest absolute Gasteiger partial charge is 0.314 e. The number of carbonyl (C=O) groups is 1. The van der Waals surface area contributed by atoms with Gasteiger partial charge in [0.05, 0.1) is 9.21 Å². The third kappa shape index (κ3) is 3.06. The maximum absolute atomic E-state index is 11.9. The van der Waals surface area contributed by atoms with E-state index in [0.717, 1.165) is 23.8 Å². The van der Waals surface area contributed by atoms with Gasteiger partial charge in [0.15, 0.2) is 5.78 Å². The van der Waals surface area contributed by atoms with Crippen LogP contribution in [0.25, 0.3) is 0 Å². The Morgan fingerprint density at radius 1 is 1.62 bits per heavy atom. The lowest BCUT2D eigenvalue weighted by molar-refractivity contribution is 0.0963. The molecule has 0 amide bonds. The van der Waals surface area contributed by atoms with Crippen molar-refractivity contribution in [3.8, 4) is 0 Å². The molecule has 2 atom stereocenters. The van der Waals surface area contributed by atoms with E-state index in [4.69, 9.17) is 11.6 Å². The van der Waals surface area contributed by atoms with Gasteiger partial charge in [-0.05, 0) is 37.4 Å². The summed E-state index contributed by atoms with van der Waals surface area (Å²) in [4.78, 5) is 12.7. The van der Waals surface area contributed by atoms with Crippen LogP contribution in [-0.2, 0) is 0 Å². The second-order valence-electron chi connectivity index (χ2n) is 4.51. The number of rotatable bonds is 3. The van der Waals surface area contributed by atoms with Gasteiger partial charge in [-0.2, -0.15) is 0 Å². The summed E-state index contributed by atoms with van der Waals surface area (Å²) < 4.78 is 0.688. The fraction of sp³-hybridized carbons (Fsp3) is 0.583. The molecule has 0 aliphatic carbocycles. The molecule has 1 saturated heterocycles. The highest BCUT2D eigenvalue weighted by molar-refractivity contribution is 7.18. The van der Waals surface area contributed by atoms with E-state index in [9.17, 15) is 4.79 Å². The van der Waals surface area contributed by atoms with Crippen LogP contribution in [0, 0.1) is 5.92 Å². The van der Waals surface area contributed by atoms with Gasteiger partial charge in [0, 0.05) is 12.5 Å². The van der Waals surface area contributed by atoms with Gasteiger partial charge >= 0.3 is 0 Å².